The van der Waals surface area contributed by atoms with Gasteiger partial charge in [0.25, 0.3) is 0 Å². The van der Waals surface area contributed by atoms with Crippen LogP contribution >= 0.6 is 0 Å². The Balaban J connectivity index is 2.14. The summed E-state index contributed by atoms with van der Waals surface area (Å²) in [6.45, 7) is 0. The Morgan fingerprint density at radius 1 is 1.09 bits per heavy atom. The van der Waals surface area contributed by atoms with Crippen molar-refractivity contribution in [2.45, 2.75) is 6.42 Å². The van der Waals surface area contributed by atoms with E-state index >= 15 is 0 Å². The van der Waals surface area contributed by atoms with Gasteiger partial charge in [0.05, 0.1) is 14.1 Å². The van der Waals surface area contributed by atoms with Crippen molar-refractivity contribution in [1.29, 1.82) is 0 Å². The maximum Gasteiger partial charge on any atom is 0.503 e. The predicted molar refractivity (Wildman–Crippen MR) is 86.0 cm³/mol. The molecule has 3 amide bonds. The van der Waals surface area contributed by atoms with E-state index in [1.165, 1.54) is 11.6 Å². The SMILES string of the molecule is CN1C(=O)c2c3c(oc2=[N+](C)C1=O)=CC=CC1=CC=CC=C3C1. The number of amides is 3. The van der Waals surface area contributed by atoms with Gasteiger partial charge < -0.3 is 4.42 Å². The number of imide groups is 1. The van der Waals surface area contributed by atoms with Gasteiger partial charge in [0, 0.05) is 5.56 Å². The van der Waals surface area contributed by atoms with E-state index in [1.807, 2.05) is 36.5 Å². The zero-order valence-corrected chi connectivity index (χ0v) is 12.9. The van der Waals surface area contributed by atoms with E-state index in [2.05, 4.69) is 6.08 Å². The largest absolute Gasteiger partial charge is 0.503 e. The van der Waals surface area contributed by atoms with E-state index in [4.69, 9.17) is 4.42 Å². The van der Waals surface area contributed by atoms with Crippen molar-refractivity contribution >= 4 is 23.6 Å². The fraction of sp³-hybridized carbons (Fsp3) is 0.167. The summed E-state index contributed by atoms with van der Waals surface area (Å²) < 4.78 is 7.24. The molecule has 114 valence electrons. The molecule has 2 aliphatic carbocycles. The summed E-state index contributed by atoms with van der Waals surface area (Å²) in [5.74, 6) is -0.328. The minimum Gasteiger partial charge on any atom is -0.422 e. The number of carbonyl (C=O) groups excluding carboxylic acids is 2. The van der Waals surface area contributed by atoms with Crippen LogP contribution in [0.5, 0.6) is 0 Å². The fourth-order valence-electron chi connectivity index (χ4n) is 3.11. The van der Waals surface area contributed by atoms with Crippen molar-refractivity contribution in [2.24, 2.45) is 0 Å². The van der Waals surface area contributed by atoms with Crippen LogP contribution < -0.4 is 15.5 Å². The molecule has 0 N–H and O–H groups in total. The Hall–Kier alpha value is -2.95. The van der Waals surface area contributed by atoms with Crippen molar-refractivity contribution in [3.05, 3.63) is 64.1 Å². The molecule has 5 nitrogen and oxygen atoms in total. The molecular formula is C18H15N2O3+. The molecule has 0 fully saturated rings. The van der Waals surface area contributed by atoms with Gasteiger partial charge in [0.1, 0.15) is 5.42 Å². The average molecular weight is 307 g/mol. The van der Waals surface area contributed by atoms with Gasteiger partial charge in [-0.2, -0.15) is 14.3 Å². The van der Waals surface area contributed by atoms with E-state index in [-0.39, 0.29) is 5.91 Å². The molecule has 23 heavy (non-hydrogen) atoms. The normalized spacial score (nSPS) is 19.2. The van der Waals surface area contributed by atoms with Crippen molar-refractivity contribution in [3.8, 4) is 0 Å². The summed E-state index contributed by atoms with van der Waals surface area (Å²) in [4.78, 5) is 25.9. The molecule has 2 bridgehead atoms. The summed E-state index contributed by atoms with van der Waals surface area (Å²) in [5.41, 5.74) is 4.32. The Morgan fingerprint density at radius 3 is 2.70 bits per heavy atom. The molecule has 1 aliphatic heterocycles. The maximum atomic E-state index is 12.7. The Labute approximate surface area is 132 Å². The summed E-state index contributed by atoms with van der Waals surface area (Å²) >= 11 is 0. The molecule has 0 spiro atoms. The van der Waals surface area contributed by atoms with Gasteiger partial charge in [-0.3, -0.25) is 0 Å². The third-order valence-electron chi connectivity index (χ3n) is 4.31. The fourth-order valence-corrected chi connectivity index (χ4v) is 3.11. The van der Waals surface area contributed by atoms with Crippen LogP contribution in [0.2, 0.25) is 0 Å². The number of nitrogens with zero attached hydrogens (tertiary/aromatic N) is 2. The molecule has 0 aromatic carbocycles. The highest BCUT2D eigenvalue weighted by Crippen LogP contribution is 2.27. The lowest BCUT2D eigenvalue weighted by molar-refractivity contribution is 0.0808. The number of hydrogen-bond donors (Lipinski definition) is 0. The quantitative estimate of drug-likeness (QED) is 0.677. The lowest BCUT2D eigenvalue weighted by Gasteiger charge is -2.13. The smallest absolute Gasteiger partial charge is 0.422 e. The number of fused-ring (bicyclic) bond motifs is 6. The molecule has 0 unspecified atom stereocenters. The third-order valence-corrected chi connectivity index (χ3v) is 4.31. The molecule has 2 heterocycles. The summed E-state index contributed by atoms with van der Waals surface area (Å²) in [7, 11) is 3.10. The monoisotopic (exact) mass is 307 g/mol. The number of hydrogen-bond acceptors (Lipinski definition) is 3. The lowest BCUT2D eigenvalue weighted by Crippen LogP contribution is -2.51. The van der Waals surface area contributed by atoms with E-state index < -0.39 is 6.03 Å². The molecule has 5 heteroatoms. The summed E-state index contributed by atoms with van der Waals surface area (Å²) in [6.07, 6.45) is 14.5. The van der Waals surface area contributed by atoms with Crippen molar-refractivity contribution in [1.82, 2.24) is 9.48 Å². The Morgan fingerprint density at radius 2 is 1.87 bits per heavy atom. The van der Waals surface area contributed by atoms with Crippen LogP contribution in [-0.4, -0.2) is 30.9 Å². The maximum absolute atomic E-state index is 12.7. The van der Waals surface area contributed by atoms with Gasteiger partial charge in [-0.15, -0.1) is 0 Å². The van der Waals surface area contributed by atoms with Crippen LogP contribution in [0.15, 0.2) is 46.4 Å². The average Bonchev–Trinajstić information content (AvgIpc) is 2.73. The molecule has 0 atom stereocenters. The second kappa shape index (κ2) is 4.78. The Bertz CT molecular complexity index is 1000. The third kappa shape index (κ3) is 1.90. The number of furan rings is 1. The number of allylic oxidation sites excluding steroid dienone is 8. The topological polar surface area (TPSA) is 53.5 Å². The second-order valence-corrected chi connectivity index (χ2v) is 5.75. The van der Waals surface area contributed by atoms with E-state index in [9.17, 15) is 9.59 Å². The van der Waals surface area contributed by atoms with Crippen LogP contribution in [-0.2, 0) is 0 Å². The first-order valence-electron chi connectivity index (χ1n) is 7.38. The highest BCUT2D eigenvalue weighted by Gasteiger charge is 2.41. The molecule has 1 aromatic rings. The van der Waals surface area contributed by atoms with Crippen LogP contribution in [0.4, 0.5) is 4.79 Å². The number of urea groups is 1. The van der Waals surface area contributed by atoms with E-state index in [0.29, 0.717) is 23.0 Å². The van der Waals surface area contributed by atoms with Crippen molar-refractivity contribution in [3.63, 3.8) is 0 Å². The summed E-state index contributed by atoms with van der Waals surface area (Å²) in [6, 6.07) is -0.393. The minimum atomic E-state index is -0.393. The second-order valence-electron chi connectivity index (χ2n) is 5.75. The molecule has 0 saturated carbocycles. The molecule has 1 aromatic heterocycles. The number of rotatable bonds is 0. The Kier molecular flexibility index (Phi) is 2.84. The van der Waals surface area contributed by atoms with Gasteiger partial charge in [-0.25, -0.2) is 4.79 Å². The first-order chi connectivity index (χ1) is 11.1. The first kappa shape index (κ1) is 13.7. The molecule has 3 aliphatic rings. The van der Waals surface area contributed by atoms with Gasteiger partial charge in [0.15, 0.2) is 5.56 Å². The van der Waals surface area contributed by atoms with Crippen LogP contribution in [0.1, 0.15) is 22.3 Å². The van der Waals surface area contributed by atoms with Gasteiger partial charge in [-0.05, 0) is 23.6 Å². The molecule has 0 saturated heterocycles. The zero-order valence-electron chi connectivity index (χ0n) is 12.9. The van der Waals surface area contributed by atoms with Crippen LogP contribution in [0.25, 0.3) is 11.6 Å². The highest BCUT2D eigenvalue weighted by atomic mass is 16.3. The standard InChI is InChI=1S/C18H15N2O3/c1-19-16(21)15-14-12-8-4-3-6-11(10-12)7-5-9-13(14)23-17(15)20(2)18(19)22/h3-9H,10H2,1-2H3/q+1. The van der Waals surface area contributed by atoms with Gasteiger partial charge in [-0.1, -0.05) is 36.5 Å². The first-order valence-corrected chi connectivity index (χ1v) is 7.38. The van der Waals surface area contributed by atoms with Crippen LogP contribution in [0.3, 0.4) is 0 Å². The van der Waals surface area contributed by atoms with E-state index in [1.54, 1.807) is 7.05 Å². The van der Waals surface area contributed by atoms with Crippen LogP contribution in [0, 0.1) is 0 Å². The lowest BCUT2D eigenvalue weighted by atomic mass is 9.94. The molecular weight excluding hydrogens is 292 g/mol. The van der Waals surface area contributed by atoms with E-state index in [0.717, 1.165) is 21.6 Å². The minimum absolute atomic E-state index is 0.314. The van der Waals surface area contributed by atoms with Crippen molar-refractivity contribution in [2.75, 3.05) is 14.1 Å². The molecule has 4 rings (SSSR count). The van der Waals surface area contributed by atoms with Gasteiger partial charge in [0.2, 0.25) is 0 Å². The summed E-state index contributed by atoms with van der Waals surface area (Å²) in [5, 5.41) is 0. The zero-order chi connectivity index (χ0) is 16.1. The predicted octanol–water partition coefficient (Wildman–Crippen LogP) is 1.23. The molecule has 0 radical (unpaired) electrons. The number of carbonyl (C=O) groups is 2. The van der Waals surface area contributed by atoms with Crippen molar-refractivity contribution < 1.29 is 14.0 Å². The van der Waals surface area contributed by atoms with Gasteiger partial charge >= 0.3 is 17.5 Å². The highest BCUT2D eigenvalue weighted by molar-refractivity contribution is 6.08.